The summed E-state index contributed by atoms with van der Waals surface area (Å²) in [6.07, 6.45) is 3.93. The fourth-order valence-electron chi connectivity index (χ4n) is 1.57. The number of thioether (sulfide) groups is 1. The largest absolute Gasteiger partial charge is 0.375 e. The summed E-state index contributed by atoms with van der Waals surface area (Å²) < 4.78 is 0. The van der Waals surface area contributed by atoms with Crippen molar-refractivity contribution in [2.75, 3.05) is 23.9 Å². The van der Waals surface area contributed by atoms with Gasteiger partial charge in [-0.1, -0.05) is 6.07 Å². The molecule has 90 valence electrons. The smallest absolute Gasteiger partial charge is 0.180 e. The van der Waals surface area contributed by atoms with E-state index in [1.807, 2.05) is 6.20 Å². The summed E-state index contributed by atoms with van der Waals surface area (Å²) in [5.74, 6) is 0. The molecule has 2 N–H and O–H groups in total. The fourth-order valence-corrected chi connectivity index (χ4v) is 2.76. The summed E-state index contributed by atoms with van der Waals surface area (Å²) >= 11 is 3.29. The molecule has 2 rings (SSSR count). The minimum atomic E-state index is 0.631. The maximum absolute atomic E-state index is 5.62. The molecule has 0 amide bonds. The molecule has 0 aliphatic carbocycles. The van der Waals surface area contributed by atoms with Gasteiger partial charge < -0.3 is 10.6 Å². The van der Waals surface area contributed by atoms with E-state index in [1.54, 1.807) is 23.1 Å². The van der Waals surface area contributed by atoms with E-state index in [9.17, 15) is 0 Å². The van der Waals surface area contributed by atoms with Gasteiger partial charge in [0.1, 0.15) is 0 Å². The van der Waals surface area contributed by atoms with Crippen LogP contribution in [0.2, 0.25) is 0 Å². The van der Waals surface area contributed by atoms with Crippen molar-refractivity contribution in [1.29, 1.82) is 0 Å². The number of benzene rings is 1. The molecule has 17 heavy (non-hydrogen) atoms. The van der Waals surface area contributed by atoms with Crippen LogP contribution in [0.3, 0.4) is 0 Å². The van der Waals surface area contributed by atoms with Crippen LogP contribution in [0.15, 0.2) is 35.4 Å². The first-order valence-corrected chi connectivity index (χ1v) is 7.28. The average molecular weight is 265 g/mol. The molecule has 1 aromatic carbocycles. The standard InChI is InChI=1S/C12H15N3S2/c1-15(8-11-7-14-12(13)17-11)9-4-3-5-10(6-9)16-2/h3-7H,8H2,1-2H3,(H2,13,14). The van der Waals surface area contributed by atoms with E-state index in [2.05, 4.69) is 47.5 Å². The second-order valence-electron chi connectivity index (χ2n) is 3.72. The van der Waals surface area contributed by atoms with Gasteiger partial charge in [-0.2, -0.15) is 0 Å². The average Bonchev–Trinajstić information content (AvgIpc) is 2.75. The monoisotopic (exact) mass is 265 g/mol. The Morgan fingerprint density at radius 3 is 2.94 bits per heavy atom. The molecule has 1 heterocycles. The molecule has 0 aliphatic heterocycles. The van der Waals surface area contributed by atoms with Crippen LogP contribution in [-0.2, 0) is 6.54 Å². The predicted octanol–water partition coefficient (Wildman–Crippen LogP) is 3.08. The van der Waals surface area contributed by atoms with Gasteiger partial charge in [-0.05, 0) is 24.5 Å². The third-order valence-corrected chi connectivity index (χ3v) is 4.00. The van der Waals surface area contributed by atoms with Gasteiger partial charge in [0.2, 0.25) is 0 Å². The van der Waals surface area contributed by atoms with Crippen LogP contribution in [0.4, 0.5) is 10.8 Å². The van der Waals surface area contributed by atoms with Gasteiger partial charge in [-0.25, -0.2) is 4.98 Å². The zero-order valence-electron chi connectivity index (χ0n) is 9.88. The quantitative estimate of drug-likeness (QED) is 0.863. The molecule has 0 saturated heterocycles. The molecule has 0 unspecified atom stereocenters. The molecule has 0 atom stereocenters. The molecule has 5 heteroatoms. The number of anilines is 2. The fraction of sp³-hybridized carbons (Fsp3) is 0.250. The number of hydrogen-bond acceptors (Lipinski definition) is 5. The van der Waals surface area contributed by atoms with E-state index in [0.717, 1.165) is 6.54 Å². The van der Waals surface area contributed by atoms with Crippen molar-refractivity contribution in [3.8, 4) is 0 Å². The lowest BCUT2D eigenvalue weighted by Gasteiger charge is -2.18. The van der Waals surface area contributed by atoms with Gasteiger partial charge in [0.25, 0.3) is 0 Å². The maximum Gasteiger partial charge on any atom is 0.180 e. The molecule has 0 aliphatic rings. The first-order valence-electron chi connectivity index (χ1n) is 5.24. The zero-order chi connectivity index (χ0) is 12.3. The zero-order valence-corrected chi connectivity index (χ0v) is 11.5. The maximum atomic E-state index is 5.62. The number of nitrogen functional groups attached to an aromatic ring is 1. The summed E-state index contributed by atoms with van der Waals surface area (Å²) in [5, 5.41) is 0.631. The SMILES string of the molecule is CSc1cccc(N(C)Cc2cnc(N)s2)c1. The van der Waals surface area contributed by atoms with Crippen molar-refractivity contribution < 1.29 is 0 Å². The molecule has 0 bridgehead atoms. The highest BCUT2D eigenvalue weighted by molar-refractivity contribution is 7.98. The Kier molecular flexibility index (Phi) is 3.91. The Balaban J connectivity index is 2.11. The summed E-state index contributed by atoms with van der Waals surface area (Å²) in [6.45, 7) is 0.840. The van der Waals surface area contributed by atoms with Gasteiger partial charge in [0.15, 0.2) is 5.13 Å². The first-order chi connectivity index (χ1) is 8.19. The number of nitrogens with two attached hydrogens (primary N) is 1. The van der Waals surface area contributed by atoms with Crippen molar-refractivity contribution in [3.05, 3.63) is 35.3 Å². The van der Waals surface area contributed by atoms with Crippen molar-refractivity contribution in [1.82, 2.24) is 4.98 Å². The lowest BCUT2D eigenvalue weighted by atomic mass is 10.3. The highest BCUT2D eigenvalue weighted by Crippen LogP contribution is 2.24. The van der Waals surface area contributed by atoms with Gasteiger partial charge in [0.05, 0.1) is 6.54 Å². The Bertz CT molecular complexity index is 496. The van der Waals surface area contributed by atoms with E-state index in [1.165, 1.54) is 15.5 Å². The lowest BCUT2D eigenvalue weighted by molar-refractivity contribution is 0.934. The van der Waals surface area contributed by atoms with E-state index in [0.29, 0.717) is 5.13 Å². The number of thiazole rings is 1. The molecular weight excluding hydrogens is 250 g/mol. The third-order valence-electron chi connectivity index (χ3n) is 2.46. The molecule has 0 fully saturated rings. The highest BCUT2D eigenvalue weighted by Gasteiger charge is 2.05. The second kappa shape index (κ2) is 5.42. The third kappa shape index (κ3) is 3.14. The van der Waals surface area contributed by atoms with E-state index in [-0.39, 0.29) is 0 Å². The predicted molar refractivity (Wildman–Crippen MR) is 76.9 cm³/mol. The van der Waals surface area contributed by atoms with Gasteiger partial charge in [0, 0.05) is 28.7 Å². The van der Waals surface area contributed by atoms with Gasteiger partial charge >= 0.3 is 0 Å². The van der Waals surface area contributed by atoms with Crippen LogP contribution in [0.1, 0.15) is 4.88 Å². The van der Waals surface area contributed by atoms with Crippen LogP contribution in [-0.4, -0.2) is 18.3 Å². The number of nitrogens with zero attached hydrogens (tertiary/aromatic N) is 2. The van der Waals surface area contributed by atoms with E-state index < -0.39 is 0 Å². The van der Waals surface area contributed by atoms with Crippen LogP contribution < -0.4 is 10.6 Å². The summed E-state index contributed by atoms with van der Waals surface area (Å²) in [5.41, 5.74) is 6.84. The number of aromatic nitrogens is 1. The Morgan fingerprint density at radius 2 is 2.29 bits per heavy atom. The van der Waals surface area contributed by atoms with Crippen molar-refractivity contribution >= 4 is 33.9 Å². The van der Waals surface area contributed by atoms with Gasteiger partial charge in [-0.3, -0.25) is 0 Å². The highest BCUT2D eigenvalue weighted by atomic mass is 32.2. The normalized spacial score (nSPS) is 10.5. The van der Waals surface area contributed by atoms with Crippen LogP contribution in [0.5, 0.6) is 0 Å². The van der Waals surface area contributed by atoms with E-state index in [4.69, 9.17) is 5.73 Å². The molecule has 0 saturated carbocycles. The van der Waals surface area contributed by atoms with Crippen molar-refractivity contribution in [2.45, 2.75) is 11.4 Å². The van der Waals surface area contributed by atoms with Crippen LogP contribution in [0.25, 0.3) is 0 Å². The second-order valence-corrected chi connectivity index (χ2v) is 5.75. The lowest BCUT2D eigenvalue weighted by Crippen LogP contribution is -2.15. The van der Waals surface area contributed by atoms with Crippen molar-refractivity contribution in [2.24, 2.45) is 0 Å². The minimum absolute atomic E-state index is 0.631. The van der Waals surface area contributed by atoms with Gasteiger partial charge in [-0.15, -0.1) is 23.1 Å². The minimum Gasteiger partial charge on any atom is -0.375 e. The van der Waals surface area contributed by atoms with Crippen LogP contribution in [0, 0.1) is 0 Å². The summed E-state index contributed by atoms with van der Waals surface area (Å²) in [4.78, 5) is 8.72. The molecular formula is C12H15N3S2. The molecule has 0 spiro atoms. The number of hydrogen-bond donors (Lipinski definition) is 1. The summed E-state index contributed by atoms with van der Waals surface area (Å²) in [6, 6.07) is 8.50. The van der Waals surface area contributed by atoms with E-state index >= 15 is 0 Å². The molecule has 2 aromatic rings. The molecule has 1 aromatic heterocycles. The molecule has 3 nitrogen and oxygen atoms in total. The topological polar surface area (TPSA) is 42.2 Å². The number of rotatable bonds is 4. The Hall–Kier alpha value is -1.20. The first kappa shape index (κ1) is 12.3. The Labute approximate surface area is 110 Å². The Morgan fingerprint density at radius 1 is 1.47 bits per heavy atom. The molecule has 0 radical (unpaired) electrons. The van der Waals surface area contributed by atoms with Crippen molar-refractivity contribution in [3.63, 3.8) is 0 Å². The van der Waals surface area contributed by atoms with Crippen LogP contribution >= 0.6 is 23.1 Å². The summed E-state index contributed by atoms with van der Waals surface area (Å²) in [7, 11) is 2.08.